The first-order chi connectivity index (χ1) is 14.1. The molecule has 0 radical (unpaired) electrons. The molecule has 0 amide bonds. The van der Waals surface area contributed by atoms with Crippen molar-refractivity contribution in [1.29, 1.82) is 0 Å². The SMILES string of the molecule is O=S1CCc2nc(N3CCC(c4ccccc4F)CC3)nc(NC3(CO)CC3)c21. The van der Waals surface area contributed by atoms with Crippen LogP contribution >= 0.6 is 0 Å². The highest BCUT2D eigenvalue weighted by Crippen LogP contribution is 2.41. The van der Waals surface area contributed by atoms with Gasteiger partial charge in [0.1, 0.15) is 16.5 Å². The van der Waals surface area contributed by atoms with E-state index in [1.165, 1.54) is 6.07 Å². The minimum absolute atomic E-state index is 0.0434. The second-order valence-corrected chi connectivity index (χ2v) is 9.80. The first-order valence-corrected chi connectivity index (χ1v) is 11.6. The molecule has 154 valence electrons. The van der Waals surface area contributed by atoms with E-state index in [-0.39, 0.29) is 23.9 Å². The van der Waals surface area contributed by atoms with Crippen LogP contribution in [0.4, 0.5) is 16.2 Å². The van der Waals surface area contributed by atoms with Crippen LogP contribution < -0.4 is 10.2 Å². The molecule has 1 aromatic heterocycles. The standard InChI is InChI=1S/C21H25FN4O2S/c22-16-4-2-1-3-15(16)14-5-10-26(11-6-14)20-23-17-7-12-29(28)18(17)19(24-20)25-21(13-27)8-9-21/h1-4,14,27H,5-13H2,(H,23,24,25). The summed E-state index contributed by atoms with van der Waals surface area (Å²) >= 11 is 0. The zero-order valence-corrected chi connectivity index (χ0v) is 17.1. The van der Waals surface area contributed by atoms with Gasteiger partial charge in [-0.15, -0.1) is 0 Å². The highest BCUT2D eigenvalue weighted by Gasteiger charge is 2.44. The lowest BCUT2D eigenvalue weighted by Gasteiger charge is -2.33. The van der Waals surface area contributed by atoms with Crippen LogP contribution in [0.25, 0.3) is 0 Å². The molecule has 5 rings (SSSR count). The summed E-state index contributed by atoms with van der Waals surface area (Å²) in [6, 6.07) is 7.02. The average Bonchev–Trinajstić information content (AvgIpc) is 3.42. The van der Waals surface area contributed by atoms with Crippen LogP contribution in [0.2, 0.25) is 0 Å². The zero-order chi connectivity index (χ0) is 20.0. The molecule has 3 heterocycles. The van der Waals surface area contributed by atoms with Crippen LogP contribution in [0.1, 0.15) is 42.9 Å². The van der Waals surface area contributed by atoms with E-state index in [1.807, 2.05) is 12.1 Å². The summed E-state index contributed by atoms with van der Waals surface area (Å²) in [7, 11) is -1.09. The lowest BCUT2D eigenvalue weighted by molar-refractivity contribution is 0.265. The Bertz CT molecular complexity index is 958. The molecule has 1 saturated heterocycles. The van der Waals surface area contributed by atoms with Crippen LogP contribution in [0.5, 0.6) is 0 Å². The molecule has 2 aromatic rings. The molecule has 1 atom stereocenters. The van der Waals surface area contributed by atoms with Crippen LogP contribution in [-0.4, -0.2) is 50.3 Å². The molecule has 0 bridgehead atoms. The van der Waals surface area contributed by atoms with E-state index in [9.17, 15) is 13.7 Å². The first kappa shape index (κ1) is 18.9. The highest BCUT2D eigenvalue weighted by atomic mass is 32.2. The molecular formula is C21H25FN4O2S. The summed E-state index contributed by atoms with van der Waals surface area (Å²) in [4.78, 5) is 12.3. The second-order valence-electron chi connectivity index (χ2n) is 8.29. The smallest absolute Gasteiger partial charge is 0.227 e. The van der Waals surface area contributed by atoms with Crippen molar-refractivity contribution in [3.8, 4) is 0 Å². The molecule has 2 fully saturated rings. The van der Waals surface area contributed by atoms with Crippen molar-refractivity contribution in [3.05, 3.63) is 41.3 Å². The summed E-state index contributed by atoms with van der Waals surface area (Å²) < 4.78 is 26.6. The van der Waals surface area contributed by atoms with Gasteiger partial charge in [-0.2, -0.15) is 4.98 Å². The molecule has 1 aliphatic carbocycles. The Morgan fingerprint density at radius 1 is 1.24 bits per heavy atom. The number of halogens is 1. The van der Waals surface area contributed by atoms with Crippen LogP contribution in [0.3, 0.4) is 0 Å². The number of piperidine rings is 1. The summed E-state index contributed by atoms with van der Waals surface area (Å²) in [5, 5.41) is 13.0. The van der Waals surface area contributed by atoms with Gasteiger partial charge in [0, 0.05) is 25.3 Å². The fraction of sp³-hybridized carbons (Fsp3) is 0.524. The quantitative estimate of drug-likeness (QED) is 0.780. The monoisotopic (exact) mass is 416 g/mol. The highest BCUT2D eigenvalue weighted by molar-refractivity contribution is 7.85. The van der Waals surface area contributed by atoms with Gasteiger partial charge in [-0.1, -0.05) is 18.2 Å². The number of aliphatic hydroxyl groups excluding tert-OH is 1. The van der Waals surface area contributed by atoms with Crippen LogP contribution in [0, 0.1) is 5.82 Å². The second kappa shape index (κ2) is 7.32. The minimum atomic E-state index is -1.09. The number of nitrogens with zero attached hydrogens (tertiary/aromatic N) is 3. The normalized spacial score (nSPS) is 23.1. The predicted octanol–water partition coefficient (Wildman–Crippen LogP) is 2.60. The summed E-state index contributed by atoms with van der Waals surface area (Å²) in [5.74, 6) is 1.90. The van der Waals surface area contributed by atoms with Gasteiger partial charge >= 0.3 is 0 Å². The summed E-state index contributed by atoms with van der Waals surface area (Å²) in [6.07, 6.45) is 4.15. The number of hydrogen-bond acceptors (Lipinski definition) is 6. The van der Waals surface area contributed by atoms with E-state index in [0.29, 0.717) is 28.8 Å². The van der Waals surface area contributed by atoms with Crippen molar-refractivity contribution in [3.63, 3.8) is 0 Å². The molecule has 1 unspecified atom stereocenters. The maximum Gasteiger partial charge on any atom is 0.227 e. The number of aliphatic hydroxyl groups is 1. The van der Waals surface area contributed by atoms with Gasteiger partial charge in [0.05, 0.1) is 28.6 Å². The van der Waals surface area contributed by atoms with Gasteiger partial charge in [-0.3, -0.25) is 4.21 Å². The van der Waals surface area contributed by atoms with Crippen molar-refractivity contribution in [2.45, 2.75) is 48.5 Å². The molecule has 6 nitrogen and oxygen atoms in total. The molecule has 29 heavy (non-hydrogen) atoms. The molecule has 2 N–H and O–H groups in total. The van der Waals surface area contributed by atoms with Gasteiger partial charge in [0.25, 0.3) is 0 Å². The third-order valence-electron chi connectivity index (χ3n) is 6.34. The Balaban J connectivity index is 1.38. The molecule has 0 spiro atoms. The summed E-state index contributed by atoms with van der Waals surface area (Å²) in [6.45, 7) is 1.55. The molecule has 1 saturated carbocycles. The number of rotatable bonds is 5. The van der Waals surface area contributed by atoms with Gasteiger partial charge in [0.2, 0.25) is 5.95 Å². The van der Waals surface area contributed by atoms with Gasteiger partial charge < -0.3 is 15.3 Å². The third kappa shape index (κ3) is 3.53. The van der Waals surface area contributed by atoms with Gasteiger partial charge in [-0.05, 0) is 43.2 Å². The van der Waals surface area contributed by atoms with Gasteiger partial charge in [-0.25, -0.2) is 9.37 Å². The number of benzene rings is 1. The van der Waals surface area contributed by atoms with Crippen LogP contribution in [0.15, 0.2) is 29.2 Å². The van der Waals surface area contributed by atoms with E-state index in [2.05, 4.69) is 10.2 Å². The maximum absolute atomic E-state index is 14.1. The molecule has 3 aliphatic rings. The Morgan fingerprint density at radius 3 is 2.69 bits per heavy atom. The molecule has 8 heteroatoms. The Hall–Kier alpha value is -2.06. The molecule has 1 aromatic carbocycles. The van der Waals surface area contributed by atoms with E-state index >= 15 is 0 Å². The Labute approximate surface area is 172 Å². The number of anilines is 2. The van der Waals surface area contributed by atoms with Crippen molar-refractivity contribution in [2.75, 3.05) is 35.7 Å². The predicted molar refractivity (Wildman–Crippen MR) is 110 cm³/mol. The summed E-state index contributed by atoms with van der Waals surface area (Å²) in [5.41, 5.74) is 1.31. The van der Waals surface area contributed by atoms with Crippen molar-refractivity contribution >= 4 is 22.6 Å². The lowest BCUT2D eigenvalue weighted by atomic mass is 9.89. The van der Waals surface area contributed by atoms with Gasteiger partial charge in [0.15, 0.2) is 0 Å². The van der Waals surface area contributed by atoms with E-state index < -0.39 is 10.8 Å². The topological polar surface area (TPSA) is 78.4 Å². The van der Waals surface area contributed by atoms with E-state index in [0.717, 1.165) is 50.0 Å². The lowest BCUT2D eigenvalue weighted by Crippen LogP contribution is -2.35. The van der Waals surface area contributed by atoms with Crippen molar-refractivity contribution in [2.24, 2.45) is 0 Å². The Kier molecular flexibility index (Phi) is 4.78. The third-order valence-corrected chi connectivity index (χ3v) is 7.80. The number of aromatic nitrogens is 2. The Morgan fingerprint density at radius 2 is 2.00 bits per heavy atom. The average molecular weight is 417 g/mol. The number of nitrogens with one attached hydrogen (secondary N) is 1. The largest absolute Gasteiger partial charge is 0.394 e. The van der Waals surface area contributed by atoms with E-state index in [4.69, 9.17) is 9.97 Å². The minimum Gasteiger partial charge on any atom is -0.394 e. The number of hydrogen-bond donors (Lipinski definition) is 2. The zero-order valence-electron chi connectivity index (χ0n) is 16.2. The maximum atomic E-state index is 14.1. The number of aryl methyl sites for hydroxylation is 1. The first-order valence-electron chi connectivity index (χ1n) is 10.3. The molecule has 2 aliphatic heterocycles. The number of fused-ring (bicyclic) bond motifs is 1. The van der Waals surface area contributed by atoms with Crippen LogP contribution in [-0.2, 0) is 17.2 Å². The fourth-order valence-electron chi connectivity index (χ4n) is 4.33. The van der Waals surface area contributed by atoms with Crippen molar-refractivity contribution in [1.82, 2.24) is 9.97 Å². The van der Waals surface area contributed by atoms with E-state index in [1.54, 1.807) is 6.07 Å². The molecular weight excluding hydrogens is 391 g/mol. The fourth-order valence-corrected chi connectivity index (χ4v) is 5.64. The van der Waals surface area contributed by atoms with Crippen molar-refractivity contribution < 1.29 is 13.7 Å².